The van der Waals surface area contributed by atoms with Crippen molar-refractivity contribution in [3.8, 4) is 0 Å². The second kappa shape index (κ2) is 7.46. The Kier molecular flexibility index (Phi) is 5.22. The highest BCUT2D eigenvalue weighted by Crippen LogP contribution is 2.34. The van der Waals surface area contributed by atoms with E-state index >= 15 is 0 Å². The minimum absolute atomic E-state index is 0.0449. The van der Waals surface area contributed by atoms with Crippen molar-refractivity contribution >= 4 is 29.0 Å². The fourth-order valence-electron chi connectivity index (χ4n) is 4.13. The first-order chi connectivity index (χ1) is 14.1. The lowest BCUT2D eigenvalue weighted by atomic mass is 10.1. The van der Waals surface area contributed by atoms with Gasteiger partial charge in [0.05, 0.1) is 56.3 Å². The van der Waals surface area contributed by atoms with Gasteiger partial charge in [-0.3, -0.25) is 9.58 Å². The van der Waals surface area contributed by atoms with Crippen LogP contribution >= 0.6 is 11.6 Å². The number of benzene rings is 1. The number of carbonyl (C=O) groups excluding carboxylic acids is 1. The largest absolute Gasteiger partial charge is 0.424 e. The molecule has 1 aromatic carbocycles. The van der Waals surface area contributed by atoms with Gasteiger partial charge in [0.1, 0.15) is 11.5 Å². The van der Waals surface area contributed by atoms with Gasteiger partial charge in [0.2, 0.25) is 0 Å². The van der Waals surface area contributed by atoms with Crippen molar-refractivity contribution in [3.05, 3.63) is 40.9 Å². The van der Waals surface area contributed by atoms with Crippen molar-refractivity contribution in [1.82, 2.24) is 19.2 Å². The van der Waals surface area contributed by atoms with Gasteiger partial charge in [-0.1, -0.05) is 11.6 Å². The molecule has 1 saturated heterocycles. The Morgan fingerprint density at radius 3 is 2.70 bits per heavy atom. The standard InChI is InChI=1S/C20H24ClF3N5O/c1-29(2,14-4-5-16(22)15(21)10-14)19(30)26-8-9-28-18(12-26)17(11-25-28)27-7-3-6-20(23,24)13-27/h4-5,10-11H,3,6-9,12-13H2,1-2H3/q+1. The first-order valence-electron chi connectivity index (χ1n) is 9.85. The van der Waals surface area contributed by atoms with E-state index < -0.39 is 11.7 Å². The van der Waals surface area contributed by atoms with Crippen LogP contribution in [0.25, 0.3) is 0 Å². The van der Waals surface area contributed by atoms with Crippen molar-refractivity contribution in [2.45, 2.75) is 31.9 Å². The average Bonchev–Trinajstić information content (AvgIpc) is 3.11. The molecular formula is C20H24ClF3N5O+. The summed E-state index contributed by atoms with van der Waals surface area (Å²) in [4.78, 5) is 16.7. The Morgan fingerprint density at radius 1 is 1.23 bits per heavy atom. The third kappa shape index (κ3) is 3.76. The number of nitrogens with zero attached hydrogens (tertiary/aromatic N) is 5. The van der Waals surface area contributed by atoms with Crippen LogP contribution in [0.3, 0.4) is 0 Å². The second-order valence-corrected chi connectivity index (χ2v) is 8.74. The number of urea groups is 1. The fraction of sp³-hybridized carbons (Fsp3) is 0.500. The maximum absolute atomic E-state index is 13.9. The minimum atomic E-state index is -2.72. The van der Waals surface area contributed by atoms with E-state index in [9.17, 15) is 18.0 Å². The molecule has 162 valence electrons. The zero-order valence-electron chi connectivity index (χ0n) is 16.9. The molecule has 10 heteroatoms. The van der Waals surface area contributed by atoms with Crippen LogP contribution in [0.2, 0.25) is 5.02 Å². The highest BCUT2D eigenvalue weighted by atomic mass is 35.5. The predicted molar refractivity (Wildman–Crippen MR) is 109 cm³/mol. The molecule has 0 bridgehead atoms. The zero-order chi connectivity index (χ0) is 21.7. The van der Waals surface area contributed by atoms with Crippen LogP contribution in [0.1, 0.15) is 18.5 Å². The highest BCUT2D eigenvalue weighted by Gasteiger charge is 2.40. The first-order valence-corrected chi connectivity index (χ1v) is 10.2. The lowest BCUT2D eigenvalue weighted by Crippen LogP contribution is -2.56. The van der Waals surface area contributed by atoms with E-state index in [1.807, 2.05) is 0 Å². The quantitative estimate of drug-likeness (QED) is 0.657. The minimum Gasteiger partial charge on any atom is -0.363 e. The molecular weight excluding hydrogens is 419 g/mol. The number of halogens is 4. The Morgan fingerprint density at radius 2 is 2.00 bits per heavy atom. The number of quaternary nitrogens is 1. The van der Waals surface area contributed by atoms with Crippen LogP contribution in [0.15, 0.2) is 24.4 Å². The molecule has 2 aliphatic heterocycles. The van der Waals surface area contributed by atoms with Gasteiger partial charge in [0.25, 0.3) is 5.92 Å². The SMILES string of the molecule is C[N+](C)(C(=O)N1CCn2ncc(N3CCCC(F)(F)C3)c2C1)c1ccc(F)c(Cl)c1. The number of carbonyl (C=O) groups is 1. The molecule has 2 aliphatic rings. The molecule has 0 spiro atoms. The maximum Gasteiger partial charge on any atom is 0.424 e. The van der Waals surface area contributed by atoms with Crippen LogP contribution in [-0.4, -0.2) is 60.4 Å². The molecule has 1 fully saturated rings. The van der Waals surface area contributed by atoms with E-state index in [2.05, 4.69) is 5.10 Å². The molecule has 6 nitrogen and oxygen atoms in total. The molecule has 2 aromatic rings. The molecule has 0 saturated carbocycles. The van der Waals surface area contributed by atoms with Crippen LogP contribution in [0.5, 0.6) is 0 Å². The molecule has 2 amide bonds. The van der Waals surface area contributed by atoms with Crippen molar-refractivity contribution in [2.24, 2.45) is 0 Å². The Hall–Kier alpha value is -2.26. The van der Waals surface area contributed by atoms with Gasteiger partial charge in [0, 0.05) is 31.6 Å². The molecule has 0 N–H and O–H groups in total. The normalized spacial score (nSPS) is 19.0. The number of anilines is 1. The van der Waals surface area contributed by atoms with E-state index in [-0.39, 0.29) is 35.0 Å². The summed E-state index contributed by atoms with van der Waals surface area (Å²) in [7, 11) is 3.42. The van der Waals surface area contributed by atoms with Crippen LogP contribution in [-0.2, 0) is 13.1 Å². The van der Waals surface area contributed by atoms with Crippen molar-refractivity contribution in [3.63, 3.8) is 0 Å². The Balaban J connectivity index is 1.57. The fourth-order valence-corrected chi connectivity index (χ4v) is 4.30. The third-order valence-corrected chi connectivity index (χ3v) is 6.17. The summed E-state index contributed by atoms with van der Waals surface area (Å²) in [6.07, 6.45) is 1.92. The molecule has 0 aliphatic carbocycles. The number of aromatic nitrogens is 2. The number of fused-ring (bicyclic) bond motifs is 1. The number of amides is 2. The van der Waals surface area contributed by atoms with Crippen molar-refractivity contribution < 1.29 is 18.0 Å². The van der Waals surface area contributed by atoms with Gasteiger partial charge in [-0.05, 0) is 12.5 Å². The zero-order valence-corrected chi connectivity index (χ0v) is 17.7. The van der Waals surface area contributed by atoms with E-state index in [0.717, 1.165) is 5.69 Å². The van der Waals surface area contributed by atoms with Gasteiger partial charge >= 0.3 is 6.03 Å². The van der Waals surface area contributed by atoms with E-state index in [1.165, 1.54) is 18.2 Å². The Bertz CT molecular complexity index is 977. The summed E-state index contributed by atoms with van der Waals surface area (Å²) in [5, 5.41) is 4.30. The van der Waals surface area contributed by atoms with Crippen LogP contribution in [0, 0.1) is 5.82 Å². The number of alkyl halides is 2. The van der Waals surface area contributed by atoms with Crippen molar-refractivity contribution in [1.29, 1.82) is 0 Å². The summed E-state index contributed by atoms with van der Waals surface area (Å²) in [6.45, 7) is 1.40. The van der Waals surface area contributed by atoms with Gasteiger partial charge < -0.3 is 4.90 Å². The number of rotatable bonds is 2. The number of hydrogen-bond donors (Lipinski definition) is 0. The van der Waals surface area contributed by atoms with Gasteiger partial charge in [-0.15, -0.1) is 0 Å². The monoisotopic (exact) mass is 442 g/mol. The van der Waals surface area contributed by atoms with Gasteiger partial charge in [0.15, 0.2) is 0 Å². The molecule has 0 unspecified atom stereocenters. The van der Waals surface area contributed by atoms with Gasteiger partial charge in [-0.2, -0.15) is 5.10 Å². The second-order valence-electron chi connectivity index (χ2n) is 8.34. The number of hydrogen-bond acceptors (Lipinski definition) is 3. The molecule has 4 rings (SSSR count). The topological polar surface area (TPSA) is 41.4 Å². The highest BCUT2D eigenvalue weighted by molar-refractivity contribution is 6.31. The average molecular weight is 443 g/mol. The molecule has 1 aromatic heterocycles. The van der Waals surface area contributed by atoms with Crippen LogP contribution < -0.4 is 9.38 Å². The summed E-state index contributed by atoms with van der Waals surface area (Å²) < 4.78 is 43.0. The van der Waals surface area contributed by atoms with Gasteiger partial charge in [-0.25, -0.2) is 22.4 Å². The molecule has 30 heavy (non-hydrogen) atoms. The summed E-state index contributed by atoms with van der Waals surface area (Å²) in [5.41, 5.74) is 1.97. The summed E-state index contributed by atoms with van der Waals surface area (Å²) in [6, 6.07) is 4.03. The molecule has 3 heterocycles. The summed E-state index contributed by atoms with van der Waals surface area (Å²) >= 11 is 5.90. The number of piperidine rings is 1. The molecule has 0 atom stereocenters. The van der Waals surface area contributed by atoms with E-state index in [1.54, 1.807) is 34.8 Å². The lowest BCUT2D eigenvalue weighted by molar-refractivity contribution is -0.0117. The van der Waals surface area contributed by atoms with Crippen molar-refractivity contribution in [2.75, 3.05) is 38.6 Å². The predicted octanol–water partition coefficient (Wildman–Crippen LogP) is 4.11. The van der Waals surface area contributed by atoms with E-state index in [4.69, 9.17) is 11.6 Å². The van der Waals surface area contributed by atoms with Crippen LogP contribution in [0.4, 0.5) is 29.3 Å². The maximum atomic E-state index is 13.9. The lowest BCUT2D eigenvalue weighted by Gasteiger charge is -2.37. The van der Waals surface area contributed by atoms with E-state index in [0.29, 0.717) is 37.4 Å². The first kappa shape index (κ1) is 21.0. The smallest absolute Gasteiger partial charge is 0.363 e. The summed E-state index contributed by atoms with van der Waals surface area (Å²) in [5.74, 6) is -3.27. The molecule has 0 radical (unpaired) electrons. The Labute approximate surface area is 178 Å². The third-order valence-electron chi connectivity index (χ3n) is 5.88.